The number of hydrogen-bond acceptors (Lipinski definition) is 5. The molecule has 0 fully saturated rings. The Labute approximate surface area is 85.4 Å². The molecule has 4 N–H and O–H groups in total. The largest absolute Gasteiger partial charge is 0.505 e. The Morgan fingerprint density at radius 2 is 1.93 bits per heavy atom. The third kappa shape index (κ3) is 2.44. The zero-order valence-electron chi connectivity index (χ0n) is 7.75. The molecule has 0 unspecified atom stereocenters. The van der Waals surface area contributed by atoms with E-state index in [4.69, 9.17) is 10.8 Å². The molecule has 0 amide bonds. The smallest absolute Gasteiger partial charge is 0.269 e. The highest BCUT2D eigenvalue weighted by molar-refractivity contribution is 5.62. The van der Waals surface area contributed by atoms with Crippen LogP contribution >= 0.6 is 0 Å². The molecular weight excluding hydrogens is 200 g/mol. The summed E-state index contributed by atoms with van der Waals surface area (Å²) in [5.41, 5.74) is 5.46. The fraction of sp³-hybridized carbons (Fsp3) is 0.111. The molecular formula is C9H10N2O4. The van der Waals surface area contributed by atoms with Crippen LogP contribution in [0.15, 0.2) is 30.0 Å². The van der Waals surface area contributed by atoms with Crippen molar-refractivity contribution >= 4 is 11.4 Å². The predicted molar refractivity (Wildman–Crippen MR) is 53.9 cm³/mol. The van der Waals surface area contributed by atoms with Crippen molar-refractivity contribution in [3.63, 3.8) is 0 Å². The van der Waals surface area contributed by atoms with Crippen molar-refractivity contribution in [2.24, 2.45) is 5.73 Å². The average molecular weight is 210 g/mol. The normalized spacial score (nSPS) is 12.1. The first-order valence-electron chi connectivity index (χ1n) is 4.09. The van der Waals surface area contributed by atoms with Crippen LogP contribution in [0.1, 0.15) is 5.56 Å². The quantitative estimate of drug-likeness (QED) is 0.388. The molecule has 15 heavy (non-hydrogen) atoms. The Morgan fingerprint density at radius 1 is 1.40 bits per heavy atom. The topological polar surface area (TPSA) is 110 Å². The molecule has 0 radical (unpaired) electrons. The Kier molecular flexibility index (Phi) is 3.25. The van der Waals surface area contributed by atoms with E-state index in [-0.39, 0.29) is 17.1 Å². The van der Waals surface area contributed by atoms with E-state index in [1.54, 1.807) is 0 Å². The van der Waals surface area contributed by atoms with E-state index in [9.17, 15) is 15.2 Å². The number of aliphatic hydroxyl groups excluding tert-OH is 2. The number of nitro groups is 1. The molecule has 0 aliphatic carbocycles. The van der Waals surface area contributed by atoms with Gasteiger partial charge in [-0.25, -0.2) is 0 Å². The van der Waals surface area contributed by atoms with Crippen molar-refractivity contribution in [2.75, 3.05) is 6.61 Å². The second kappa shape index (κ2) is 4.43. The molecule has 0 saturated heterocycles. The van der Waals surface area contributed by atoms with Gasteiger partial charge in [-0.15, -0.1) is 0 Å². The van der Waals surface area contributed by atoms with Gasteiger partial charge < -0.3 is 15.9 Å². The number of aliphatic hydroxyl groups is 2. The second-order valence-corrected chi connectivity index (χ2v) is 2.84. The number of nitrogens with two attached hydrogens (primary N) is 1. The summed E-state index contributed by atoms with van der Waals surface area (Å²) in [4.78, 5) is 9.80. The lowest BCUT2D eigenvalue weighted by Crippen LogP contribution is -2.06. The molecule has 1 aromatic rings. The van der Waals surface area contributed by atoms with Crippen LogP contribution in [0.2, 0.25) is 0 Å². The number of benzene rings is 1. The van der Waals surface area contributed by atoms with Gasteiger partial charge in [-0.2, -0.15) is 0 Å². The highest BCUT2D eigenvalue weighted by atomic mass is 16.6. The van der Waals surface area contributed by atoms with Gasteiger partial charge in [0.15, 0.2) is 0 Å². The first-order chi connectivity index (χ1) is 7.06. The van der Waals surface area contributed by atoms with Gasteiger partial charge in [0.1, 0.15) is 5.76 Å². The van der Waals surface area contributed by atoms with Crippen molar-refractivity contribution in [1.29, 1.82) is 0 Å². The summed E-state index contributed by atoms with van der Waals surface area (Å²) in [6, 6.07) is 5.21. The van der Waals surface area contributed by atoms with Crippen molar-refractivity contribution < 1.29 is 15.1 Å². The number of nitrogens with zero attached hydrogens (tertiary/aromatic N) is 1. The summed E-state index contributed by atoms with van der Waals surface area (Å²) >= 11 is 0. The van der Waals surface area contributed by atoms with E-state index in [1.807, 2.05) is 0 Å². The lowest BCUT2D eigenvalue weighted by molar-refractivity contribution is -0.384. The molecule has 80 valence electrons. The molecule has 6 nitrogen and oxygen atoms in total. The lowest BCUT2D eigenvalue weighted by Gasteiger charge is -2.03. The minimum atomic E-state index is -0.542. The van der Waals surface area contributed by atoms with Crippen molar-refractivity contribution in [3.05, 3.63) is 45.6 Å². The molecule has 0 aliphatic rings. The highest BCUT2D eigenvalue weighted by Crippen LogP contribution is 2.17. The van der Waals surface area contributed by atoms with Gasteiger partial charge >= 0.3 is 0 Å². The summed E-state index contributed by atoms with van der Waals surface area (Å²) in [6.07, 6.45) is 0. The van der Waals surface area contributed by atoms with Crippen molar-refractivity contribution in [1.82, 2.24) is 0 Å². The highest BCUT2D eigenvalue weighted by Gasteiger charge is 2.07. The molecule has 1 aromatic carbocycles. The Balaban J connectivity index is 3.04. The molecule has 0 saturated carbocycles. The molecule has 0 aliphatic heterocycles. The lowest BCUT2D eigenvalue weighted by atomic mass is 10.1. The molecule has 0 heterocycles. The summed E-state index contributed by atoms with van der Waals surface area (Å²) < 4.78 is 0. The first kappa shape index (κ1) is 11.0. The zero-order chi connectivity index (χ0) is 11.4. The fourth-order valence-electron chi connectivity index (χ4n) is 1.00. The first-order valence-corrected chi connectivity index (χ1v) is 4.09. The van der Waals surface area contributed by atoms with Gasteiger partial charge in [0, 0.05) is 17.7 Å². The third-order valence-electron chi connectivity index (χ3n) is 1.83. The zero-order valence-corrected chi connectivity index (χ0v) is 7.75. The molecule has 0 aromatic heterocycles. The maximum absolute atomic E-state index is 10.3. The Hall–Kier alpha value is -2.08. The van der Waals surface area contributed by atoms with Gasteiger partial charge in [0.25, 0.3) is 5.69 Å². The summed E-state index contributed by atoms with van der Waals surface area (Å²) in [5.74, 6) is -0.271. The predicted octanol–water partition coefficient (Wildman–Crippen LogP) is 0.772. The number of rotatable bonds is 3. The molecule has 0 bridgehead atoms. The van der Waals surface area contributed by atoms with Crippen LogP contribution in [-0.2, 0) is 0 Å². The SMILES string of the molecule is N/C(CO)=C(\O)c1ccc([N+](=O)[O-])cc1. The molecule has 6 heteroatoms. The van der Waals surface area contributed by atoms with E-state index in [0.29, 0.717) is 5.56 Å². The van der Waals surface area contributed by atoms with Crippen LogP contribution in [0.3, 0.4) is 0 Å². The van der Waals surface area contributed by atoms with Crippen molar-refractivity contribution in [2.45, 2.75) is 0 Å². The fourth-order valence-corrected chi connectivity index (χ4v) is 1.00. The summed E-state index contributed by atoms with van der Waals surface area (Å²) in [7, 11) is 0. The molecule has 1 rings (SSSR count). The van der Waals surface area contributed by atoms with Gasteiger partial charge in [-0.1, -0.05) is 0 Å². The van der Waals surface area contributed by atoms with Crippen LogP contribution < -0.4 is 5.73 Å². The van der Waals surface area contributed by atoms with Crippen LogP contribution in [0.25, 0.3) is 5.76 Å². The second-order valence-electron chi connectivity index (χ2n) is 2.84. The van der Waals surface area contributed by atoms with Crippen LogP contribution in [0.4, 0.5) is 5.69 Å². The summed E-state index contributed by atoms with van der Waals surface area (Å²) in [6.45, 7) is -0.469. The monoisotopic (exact) mass is 210 g/mol. The Bertz CT molecular complexity index is 397. The van der Waals surface area contributed by atoms with Crippen LogP contribution in [-0.4, -0.2) is 21.7 Å². The van der Waals surface area contributed by atoms with E-state index < -0.39 is 11.5 Å². The molecule has 0 atom stereocenters. The third-order valence-corrected chi connectivity index (χ3v) is 1.83. The average Bonchev–Trinajstić information content (AvgIpc) is 2.27. The standard InChI is InChI=1S/C9H10N2O4/c10-8(5-12)9(13)6-1-3-7(4-2-6)11(14)15/h1-4,12-13H,5,10H2/b9-8-. The number of hydrogen-bond donors (Lipinski definition) is 3. The maximum atomic E-state index is 10.3. The van der Waals surface area contributed by atoms with Gasteiger partial charge in [0.05, 0.1) is 17.2 Å². The minimum absolute atomic E-state index is 0.0749. The Morgan fingerprint density at radius 3 is 2.33 bits per heavy atom. The van der Waals surface area contributed by atoms with Gasteiger partial charge in [0.2, 0.25) is 0 Å². The van der Waals surface area contributed by atoms with E-state index in [2.05, 4.69) is 0 Å². The van der Waals surface area contributed by atoms with Crippen LogP contribution in [0, 0.1) is 10.1 Å². The number of non-ortho nitro benzene ring substituents is 1. The van der Waals surface area contributed by atoms with Gasteiger partial charge in [-0.3, -0.25) is 10.1 Å². The summed E-state index contributed by atoms with van der Waals surface area (Å²) in [5, 5.41) is 28.4. The number of nitro benzene ring substituents is 1. The van der Waals surface area contributed by atoms with Crippen LogP contribution in [0.5, 0.6) is 0 Å². The van der Waals surface area contributed by atoms with E-state index >= 15 is 0 Å². The van der Waals surface area contributed by atoms with Gasteiger partial charge in [-0.05, 0) is 12.1 Å². The maximum Gasteiger partial charge on any atom is 0.269 e. The van der Waals surface area contributed by atoms with E-state index in [0.717, 1.165) is 0 Å². The minimum Gasteiger partial charge on any atom is -0.505 e. The van der Waals surface area contributed by atoms with E-state index in [1.165, 1.54) is 24.3 Å². The molecule has 0 spiro atoms. The van der Waals surface area contributed by atoms with Crippen molar-refractivity contribution in [3.8, 4) is 0 Å².